The van der Waals surface area contributed by atoms with E-state index in [0.717, 1.165) is 0 Å². The van der Waals surface area contributed by atoms with Gasteiger partial charge in [-0.1, -0.05) is 18.1 Å². The first-order chi connectivity index (χ1) is 6.74. The molecule has 0 fully saturated rings. The van der Waals surface area contributed by atoms with Crippen LogP contribution in [-0.4, -0.2) is 13.2 Å². The number of hydrogen-bond donors (Lipinski definition) is 0. The topological polar surface area (TPSA) is 18.5 Å². The smallest absolute Gasteiger partial charge is 0.387 e. The molecule has 0 N–H and O–H groups in total. The van der Waals surface area contributed by atoms with Crippen LogP contribution < -0.4 is 9.47 Å². The molecule has 0 saturated heterocycles. The predicted molar refractivity (Wildman–Crippen MR) is 47.4 cm³/mol. The first-order valence-corrected chi connectivity index (χ1v) is 3.84. The summed E-state index contributed by atoms with van der Waals surface area (Å²) in [4.78, 5) is 0. The van der Waals surface area contributed by atoms with E-state index >= 15 is 0 Å². The lowest BCUT2D eigenvalue weighted by molar-refractivity contribution is -0.0513. The zero-order valence-corrected chi connectivity index (χ0v) is 7.24. The number of ether oxygens (including phenoxy) is 2. The first-order valence-electron chi connectivity index (χ1n) is 3.84. The molecule has 4 heteroatoms. The Morgan fingerprint density at radius 2 is 1.93 bits per heavy atom. The van der Waals surface area contributed by atoms with Crippen LogP contribution in [0.15, 0.2) is 24.3 Å². The van der Waals surface area contributed by atoms with Gasteiger partial charge in [-0.25, -0.2) is 0 Å². The van der Waals surface area contributed by atoms with Gasteiger partial charge in [0.05, 0.1) is 0 Å². The van der Waals surface area contributed by atoms with Gasteiger partial charge in [-0.2, -0.15) is 8.78 Å². The molecular weight excluding hydrogens is 190 g/mol. The van der Waals surface area contributed by atoms with Crippen molar-refractivity contribution in [2.24, 2.45) is 0 Å². The Bertz CT molecular complexity index is 331. The average molecular weight is 198 g/mol. The summed E-state index contributed by atoms with van der Waals surface area (Å²) in [7, 11) is 0. The van der Waals surface area contributed by atoms with Gasteiger partial charge in [-0.15, -0.1) is 6.42 Å². The SMILES string of the molecule is C#CCOc1ccccc1OC(F)F. The van der Waals surface area contributed by atoms with Crippen LogP contribution in [0.5, 0.6) is 11.5 Å². The van der Waals surface area contributed by atoms with Crippen LogP contribution in [0.4, 0.5) is 8.78 Å². The molecule has 0 heterocycles. The third-order valence-corrected chi connectivity index (χ3v) is 1.38. The molecule has 14 heavy (non-hydrogen) atoms. The van der Waals surface area contributed by atoms with Crippen molar-refractivity contribution in [2.75, 3.05) is 6.61 Å². The normalized spacial score (nSPS) is 9.57. The van der Waals surface area contributed by atoms with Crippen molar-refractivity contribution in [1.82, 2.24) is 0 Å². The molecule has 0 spiro atoms. The highest BCUT2D eigenvalue weighted by atomic mass is 19.3. The average Bonchev–Trinajstić information content (AvgIpc) is 2.16. The van der Waals surface area contributed by atoms with Crippen LogP contribution >= 0.6 is 0 Å². The Kier molecular flexibility index (Phi) is 3.74. The molecule has 0 saturated carbocycles. The fourth-order valence-electron chi connectivity index (χ4n) is 0.882. The van der Waals surface area contributed by atoms with E-state index in [2.05, 4.69) is 10.7 Å². The van der Waals surface area contributed by atoms with Gasteiger partial charge in [-0.05, 0) is 12.1 Å². The molecule has 0 unspecified atom stereocenters. The van der Waals surface area contributed by atoms with E-state index in [0.29, 0.717) is 0 Å². The van der Waals surface area contributed by atoms with Crippen molar-refractivity contribution in [3.63, 3.8) is 0 Å². The molecule has 0 radical (unpaired) electrons. The van der Waals surface area contributed by atoms with E-state index in [4.69, 9.17) is 11.2 Å². The van der Waals surface area contributed by atoms with Crippen molar-refractivity contribution >= 4 is 0 Å². The molecule has 0 aliphatic carbocycles. The predicted octanol–water partition coefficient (Wildman–Crippen LogP) is 2.30. The zero-order valence-electron chi connectivity index (χ0n) is 7.24. The number of rotatable bonds is 4. The van der Waals surface area contributed by atoms with E-state index in [1.807, 2.05) is 0 Å². The molecule has 0 bridgehead atoms. The van der Waals surface area contributed by atoms with Gasteiger partial charge in [-0.3, -0.25) is 0 Å². The Balaban J connectivity index is 2.76. The molecule has 1 rings (SSSR count). The van der Waals surface area contributed by atoms with Crippen LogP contribution in [0.2, 0.25) is 0 Å². The Hall–Kier alpha value is -1.76. The Morgan fingerprint density at radius 1 is 1.29 bits per heavy atom. The number of alkyl halides is 2. The summed E-state index contributed by atoms with van der Waals surface area (Å²) in [5.74, 6) is 2.43. The highest BCUT2D eigenvalue weighted by Crippen LogP contribution is 2.27. The summed E-state index contributed by atoms with van der Waals surface area (Å²) in [6.07, 6.45) is 4.96. The lowest BCUT2D eigenvalue weighted by atomic mass is 10.3. The third-order valence-electron chi connectivity index (χ3n) is 1.38. The molecule has 0 atom stereocenters. The van der Waals surface area contributed by atoms with Gasteiger partial charge in [0.2, 0.25) is 0 Å². The minimum atomic E-state index is -2.87. The monoisotopic (exact) mass is 198 g/mol. The van der Waals surface area contributed by atoms with Crippen LogP contribution in [0.1, 0.15) is 0 Å². The van der Waals surface area contributed by atoms with Gasteiger partial charge in [0, 0.05) is 0 Å². The van der Waals surface area contributed by atoms with Gasteiger partial charge in [0.15, 0.2) is 11.5 Å². The van der Waals surface area contributed by atoms with E-state index in [-0.39, 0.29) is 18.1 Å². The second-order valence-corrected chi connectivity index (χ2v) is 2.32. The summed E-state index contributed by atoms with van der Waals surface area (Å²) in [5.41, 5.74) is 0. The maximum atomic E-state index is 11.9. The standard InChI is InChI=1S/C10H8F2O2/c1-2-7-13-8-5-3-4-6-9(8)14-10(11)12/h1,3-6,10H,7H2. The zero-order chi connectivity index (χ0) is 10.4. The van der Waals surface area contributed by atoms with Gasteiger partial charge < -0.3 is 9.47 Å². The number of benzene rings is 1. The number of terminal acetylenes is 1. The van der Waals surface area contributed by atoms with Crippen molar-refractivity contribution in [1.29, 1.82) is 0 Å². The highest BCUT2D eigenvalue weighted by molar-refractivity contribution is 5.39. The van der Waals surface area contributed by atoms with Gasteiger partial charge >= 0.3 is 6.61 Å². The number of hydrogen-bond acceptors (Lipinski definition) is 2. The van der Waals surface area contributed by atoms with Crippen molar-refractivity contribution < 1.29 is 18.3 Å². The number of halogens is 2. The largest absolute Gasteiger partial charge is 0.477 e. The van der Waals surface area contributed by atoms with Crippen molar-refractivity contribution in [2.45, 2.75) is 6.61 Å². The fourth-order valence-corrected chi connectivity index (χ4v) is 0.882. The van der Waals surface area contributed by atoms with Crippen molar-refractivity contribution in [3.8, 4) is 23.8 Å². The first kappa shape index (κ1) is 10.3. The molecule has 0 aliphatic rings. The highest BCUT2D eigenvalue weighted by Gasteiger charge is 2.09. The maximum absolute atomic E-state index is 11.9. The van der Waals surface area contributed by atoms with Crippen molar-refractivity contribution in [3.05, 3.63) is 24.3 Å². The molecule has 74 valence electrons. The lowest BCUT2D eigenvalue weighted by Crippen LogP contribution is -2.04. The van der Waals surface area contributed by atoms with Crippen LogP contribution in [0.25, 0.3) is 0 Å². The van der Waals surface area contributed by atoms with E-state index in [1.54, 1.807) is 12.1 Å². The lowest BCUT2D eigenvalue weighted by Gasteiger charge is -2.09. The van der Waals surface area contributed by atoms with E-state index in [1.165, 1.54) is 12.1 Å². The molecule has 1 aromatic carbocycles. The second-order valence-electron chi connectivity index (χ2n) is 2.32. The molecular formula is C10H8F2O2. The molecule has 0 aromatic heterocycles. The Morgan fingerprint density at radius 3 is 2.50 bits per heavy atom. The summed E-state index contributed by atoms with van der Waals surface area (Å²) in [6, 6.07) is 6.11. The van der Waals surface area contributed by atoms with Crippen LogP contribution in [0, 0.1) is 12.3 Å². The molecule has 0 aliphatic heterocycles. The second kappa shape index (κ2) is 5.07. The summed E-state index contributed by atoms with van der Waals surface area (Å²) >= 11 is 0. The third kappa shape index (κ3) is 2.94. The molecule has 2 nitrogen and oxygen atoms in total. The fraction of sp³-hybridized carbons (Fsp3) is 0.200. The molecule has 0 amide bonds. The number of para-hydroxylation sites is 2. The van der Waals surface area contributed by atoms with E-state index in [9.17, 15) is 8.78 Å². The summed E-state index contributed by atoms with van der Waals surface area (Å²) < 4.78 is 33.0. The quantitative estimate of drug-likeness (QED) is 0.691. The Labute approximate surface area is 80.4 Å². The minimum absolute atomic E-state index is 0.0160. The summed E-state index contributed by atoms with van der Waals surface area (Å²) in [5, 5.41) is 0. The van der Waals surface area contributed by atoms with Crippen LogP contribution in [0.3, 0.4) is 0 Å². The maximum Gasteiger partial charge on any atom is 0.387 e. The summed E-state index contributed by atoms with van der Waals surface area (Å²) in [6.45, 7) is -2.85. The minimum Gasteiger partial charge on any atom is -0.477 e. The van der Waals surface area contributed by atoms with E-state index < -0.39 is 6.61 Å². The van der Waals surface area contributed by atoms with Gasteiger partial charge in [0.1, 0.15) is 6.61 Å². The van der Waals surface area contributed by atoms with Crippen LogP contribution in [-0.2, 0) is 0 Å². The molecule has 1 aromatic rings. The van der Waals surface area contributed by atoms with Gasteiger partial charge in [0.25, 0.3) is 0 Å².